The lowest BCUT2D eigenvalue weighted by molar-refractivity contribution is 0.0527. The Bertz CT molecular complexity index is 1050. The summed E-state index contributed by atoms with van der Waals surface area (Å²) in [5.74, 6) is 0.0798. The van der Waals surface area contributed by atoms with Crippen molar-refractivity contribution in [3.05, 3.63) is 83.6 Å². The number of anilines is 3. The summed E-state index contributed by atoms with van der Waals surface area (Å²) in [7, 11) is 0. The molecule has 2 heterocycles. The van der Waals surface area contributed by atoms with E-state index >= 15 is 0 Å². The van der Waals surface area contributed by atoms with Gasteiger partial charge in [-0.2, -0.15) is 0 Å². The van der Waals surface area contributed by atoms with Crippen LogP contribution in [-0.2, 0) is 11.2 Å². The van der Waals surface area contributed by atoms with Gasteiger partial charge in [0.15, 0.2) is 0 Å². The Labute approximate surface area is 169 Å². The van der Waals surface area contributed by atoms with Crippen LogP contribution in [0.3, 0.4) is 0 Å². The molecule has 0 spiro atoms. The highest BCUT2D eigenvalue weighted by Gasteiger charge is 2.25. The van der Waals surface area contributed by atoms with E-state index in [1.165, 1.54) is 5.56 Å². The van der Waals surface area contributed by atoms with Crippen molar-refractivity contribution < 1.29 is 14.3 Å². The van der Waals surface area contributed by atoms with Crippen LogP contribution in [0.1, 0.15) is 33.2 Å². The fraction of sp³-hybridized carbons (Fsp3) is 0.174. The number of carbonyl (C=O) groups is 2. The van der Waals surface area contributed by atoms with E-state index in [1.807, 2.05) is 24.3 Å². The van der Waals surface area contributed by atoms with Gasteiger partial charge in [-0.25, -0.2) is 9.78 Å². The number of esters is 1. The Kier molecular flexibility index (Phi) is 5.24. The number of hydrogen-bond donors (Lipinski definition) is 1. The van der Waals surface area contributed by atoms with E-state index in [0.717, 1.165) is 12.1 Å². The van der Waals surface area contributed by atoms with Crippen molar-refractivity contribution in [1.82, 2.24) is 4.98 Å². The molecule has 1 aliphatic heterocycles. The van der Waals surface area contributed by atoms with Gasteiger partial charge >= 0.3 is 5.97 Å². The second-order valence-corrected chi connectivity index (χ2v) is 6.66. The van der Waals surface area contributed by atoms with Gasteiger partial charge in [0.05, 0.1) is 23.4 Å². The number of nitrogens with one attached hydrogen (secondary N) is 1. The highest BCUT2D eigenvalue weighted by molar-refractivity contribution is 6.07. The third-order valence-electron chi connectivity index (χ3n) is 4.83. The van der Waals surface area contributed by atoms with Gasteiger partial charge in [0, 0.05) is 18.4 Å². The summed E-state index contributed by atoms with van der Waals surface area (Å²) in [5, 5.41) is 3.13. The fourth-order valence-electron chi connectivity index (χ4n) is 3.42. The van der Waals surface area contributed by atoms with Gasteiger partial charge < -0.3 is 15.0 Å². The van der Waals surface area contributed by atoms with Crippen molar-refractivity contribution in [3.63, 3.8) is 0 Å². The third kappa shape index (κ3) is 3.82. The Hall–Kier alpha value is -3.67. The molecule has 0 fully saturated rings. The van der Waals surface area contributed by atoms with E-state index in [-0.39, 0.29) is 5.91 Å². The standard InChI is InChI=1S/C23H21N3O3/c1-2-29-23(28)18-8-4-5-9-19(18)25-21-12-11-17(15-24-21)22(27)26-14-13-16-7-3-6-10-20(16)26/h3-12,15H,2,13-14H2,1H3,(H,24,25). The van der Waals surface area contributed by atoms with Crippen LogP contribution in [0.5, 0.6) is 0 Å². The fourth-order valence-corrected chi connectivity index (χ4v) is 3.42. The molecule has 1 aromatic heterocycles. The van der Waals surface area contributed by atoms with E-state index in [2.05, 4.69) is 16.4 Å². The first kappa shape index (κ1) is 18.7. The lowest BCUT2D eigenvalue weighted by Gasteiger charge is -2.17. The summed E-state index contributed by atoms with van der Waals surface area (Å²) in [5.41, 5.74) is 3.70. The van der Waals surface area contributed by atoms with Crippen molar-refractivity contribution in [3.8, 4) is 0 Å². The average molecular weight is 387 g/mol. The second-order valence-electron chi connectivity index (χ2n) is 6.66. The Morgan fingerprint density at radius 3 is 2.66 bits per heavy atom. The quantitative estimate of drug-likeness (QED) is 0.664. The van der Waals surface area contributed by atoms with E-state index < -0.39 is 5.97 Å². The highest BCUT2D eigenvalue weighted by atomic mass is 16.5. The molecule has 0 unspecified atom stereocenters. The van der Waals surface area contributed by atoms with Gasteiger partial charge in [-0.1, -0.05) is 30.3 Å². The van der Waals surface area contributed by atoms with Crippen LogP contribution in [0.2, 0.25) is 0 Å². The number of para-hydroxylation sites is 2. The molecule has 0 atom stereocenters. The molecule has 1 amide bonds. The van der Waals surface area contributed by atoms with Gasteiger partial charge in [-0.3, -0.25) is 4.79 Å². The van der Waals surface area contributed by atoms with Gasteiger partial charge in [0.1, 0.15) is 5.82 Å². The lowest BCUT2D eigenvalue weighted by atomic mass is 10.1. The Morgan fingerprint density at radius 2 is 1.86 bits per heavy atom. The summed E-state index contributed by atoms with van der Waals surface area (Å²) in [6, 6.07) is 18.5. The van der Waals surface area contributed by atoms with Crippen LogP contribution >= 0.6 is 0 Å². The highest BCUT2D eigenvalue weighted by Crippen LogP contribution is 2.29. The molecule has 0 saturated heterocycles. The van der Waals surface area contributed by atoms with E-state index in [1.54, 1.807) is 48.4 Å². The smallest absolute Gasteiger partial charge is 0.340 e. The zero-order valence-corrected chi connectivity index (χ0v) is 16.1. The third-order valence-corrected chi connectivity index (χ3v) is 4.83. The lowest BCUT2D eigenvalue weighted by Crippen LogP contribution is -2.28. The topological polar surface area (TPSA) is 71.5 Å². The van der Waals surface area contributed by atoms with E-state index in [4.69, 9.17) is 4.74 Å². The molecule has 2 aromatic carbocycles. The molecule has 29 heavy (non-hydrogen) atoms. The first-order valence-electron chi connectivity index (χ1n) is 9.56. The molecular weight excluding hydrogens is 366 g/mol. The molecule has 1 N–H and O–H groups in total. The van der Waals surface area contributed by atoms with Crippen molar-refractivity contribution in [2.24, 2.45) is 0 Å². The van der Waals surface area contributed by atoms with Gasteiger partial charge in [0.25, 0.3) is 5.91 Å². The molecule has 0 aliphatic carbocycles. The van der Waals surface area contributed by atoms with Crippen molar-refractivity contribution in [2.45, 2.75) is 13.3 Å². The molecule has 0 saturated carbocycles. The van der Waals surface area contributed by atoms with Crippen molar-refractivity contribution >= 4 is 29.1 Å². The molecule has 0 bridgehead atoms. The molecule has 0 radical (unpaired) electrons. The largest absolute Gasteiger partial charge is 0.462 e. The predicted octanol–water partition coefficient (Wildman–Crippen LogP) is 4.20. The number of fused-ring (bicyclic) bond motifs is 1. The first-order valence-corrected chi connectivity index (χ1v) is 9.56. The number of carbonyl (C=O) groups excluding carboxylic acids is 2. The van der Waals surface area contributed by atoms with Crippen LogP contribution < -0.4 is 10.2 Å². The van der Waals surface area contributed by atoms with Crippen LogP contribution in [0, 0.1) is 0 Å². The maximum atomic E-state index is 12.9. The number of amides is 1. The maximum absolute atomic E-state index is 12.9. The number of hydrogen-bond acceptors (Lipinski definition) is 5. The Morgan fingerprint density at radius 1 is 1.07 bits per heavy atom. The van der Waals surface area contributed by atoms with Crippen molar-refractivity contribution in [2.75, 3.05) is 23.4 Å². The average Bonchev–Trinajstić information content (AvgIpc) is 3.18. The summed E-state index contributed by atoms with van der Waals surface area (Å²) in [6.45, 7) is 2.75. The summed E-state index contributed by atoms with van der Waals surface area (Å²) in [4.78, 5) is 31.2. The number of benzene rings is 2. The maximum Gasteiger partial charge on any atom is 0.340 e. The van der Waals surface area contributed by atoms with Gasteiger partial charge in [0.2, 0.25) is 0 Å². The van der Waals surface area contributed by atoms with Crippen LogP contribution in [0.15, 0.2) is 66.9 Å². The van der Waals surface area contributed by atoms with Crippen LogP contribution in [-0.4, -0.2) is 30.0 Å². The molecule has 1 aliphatic rings. The molecule has 3 aromatic rings. The summed E-state index contributed by atoms with van der Waals surface area (Å²) >= 11 is 0. The minimum atomic E-state index is -0.393. The number of ether oxygens (including phenoxy) is 1. The number of rotatable bonds is 5. The zero-order chi connectivity index (χ0) is 20.2. The zero-order valence-electron chi connectivity index (χ0n) is 16.1. The minimum absolute atomic E-state index is 0.0686. The SMILES string of the molecule is CCOC(=O)c1ccccc1Nc1ccc(C(=O)N2CCc3ccccc32)cn1. The monoisotopic (exact) mass is 387 g/mol. The van der Waals surface area contributed by atoms with Gasteiger partial charge in [-0.15, -0.1) is 0 Å². The van der Waals surface area contributed by atoms with Crippen LogP contribution in [0.25, 0.3) is 0 Å². The summed E-state index contributed by atoms with van der Waals surface area (Å²) in [6.07, 6.45) is 2.41. The first-order chi connectivity index (χ1) is 14.2. The van der Waals surface area contributed by atoms with Crippen LogP contribution in [0.4, 0.5) is 17.2 Å². The predicted molar refractivity (Wildman–Crippen MR) is 112 cm³/mol. The number of pyridine rings is 1. The normalized spacial score (nSPS) is 12.4. The van der Waals surface area contributed by atoms with E-state index in [0.29, 0.717) is 35.8 Å². The second kappa shape index (κ2) is 8.14. The summed E-state index contributed by atoms with van der Waals surface area (Å²) < 4.78 is 5.09. The molecule has 6 nitrogen and oxygen atoms in total. The molecular formula is C23H21N3O3. The molecule has 6 heteroatoms. The van der Waals surface area contributed by atoms with Crippen molar-refractivity contribution in [1.29, 1.82) is 0 Å². The van der Waals surface area contributed by atoms with Gasteiger partial charge in [-0.05, 0) is 49.2 Å². The molecule has 4 rings (SSSR count). The number of nitrogens with zero attached hydrogens (tertiary/aromatic N) is 2. The van der Waals surface area contributed by atoms with E-state index in [9.17, 15) is 9.59 Å². The minimum Gasteiger partial charge on any atom is -0.462 e. The number of aromatic nitrogens is 1. The Balaban J connectivity index is 1.51. The molecule has 146 valence electrons.